The average Bonchev–Trinajstić information content (AvgIpc) is 2.77. The summed E-state index contributed by atoms with van der Waals surface area (Å²) in [6.45, 7) is 2.33. The third-order valence-electron chi connectivity index (χ3n) is 3.68. The van der Waals surface area contributed by atoms with Crippen molar-refractivity contribution in [2.24, 2.45) is 24.6 Å². The van der Waals surface area contributed by atoms with Gasteiger partial charge in [0, 0.05) is 31.9 Å². The van der Waals surface area contributed by atoms with Crippen LogP contribution in [0.25, 0.3) is 0 Å². The molecule has 15 heavy (non-hydrogen) atoms. The number of aromatic nitrogens is 2. The fraction of sp³-hybridized carbons (Fsp3) is 0.750. The van der Waals surface area contributed by atoms with E-state index in [4.69, 9.17) is 5.73 Å². The largest absolute Gasteiger partial charge is 0.338 e. The van der Waals surface area contributed by atoms with Gasteiger partial charge >= 0.3 is 0 Å². The van der Waals surface area contributed by atoms with E-state index in [0.717, 1.165) is 18.2 Å². The first-order valence-corrected chi connectivity index (χ1v) is 5.88. The Hall–Kier alpha value is -0.830. The van der Waals surface area contributed by atoms with Gasteiger partial charge < -0.3 is 10.3 Å². The monoisotopic (exact) mass is 207 g/mol. The van der Waals surface area contributed by atoms with E-state index in [-0.39, 0.29) is 6.04 Å². The van der Waals surface area contributed by atoms with Gasteiger partial charge in [0.2, 0.25) is 0 Å². The zero-order valence-corrected chi connectivity index (χ0v) is 9.69. The Morgan fingerprint density at radius 2 is 2.40 bits per heavy atom. The topological polar surface area (TPSA) is 43.8 Å². The Morgan fingerprint density at radius 1 is 1.60 bits per heavy atom. The summed E-state index contributed by atoms with van der Waals surface area (Å²) in [5.41, 5.74) is 6.25. The maximum atomic E-state index is 6.25. The zero-order chi connectivity index (χ0) is 10.8. The number of imidazole rings is 1. The quantitative estimate of drug-likeness (QED) is 0.820. The Balaban J connectivity index is 1.92. The molecule has 1 aromatic rings. The first-order valence-electron chi connectivity index (χ1n) is 5.88. The van der Waals surface area contributed by atoms with Gasteiger partial charge in [-0.15, -0.1) is 0 Å². The normalized spacial score (nSPS) is 28.2. The van der Waals surface area contributed by atoms with Crippen LogP contribution in [0.1, 0.15) is 32.0 Å². The van der Waals surface area contributed by atoms with Crippen molar-refractivity contribution in [2.75, 3.05) is 0 Å². The highest BCUT2D eigenvalue weighted by molar-refractivity contribution is 4.96. The first-order chi connectivity index (χ1) is 7.16. The molecule has 0 amide bonds. The molecule has 1 fully saturated rings. The molecule has 3 atom stereocenters. The molecule has 3 unspecified atom stereocenters. The van der Waals surface area contributed by atoms with Gasteiger partial charge in [0.15, 0.2) is 0 Å². The highest BCUT2D eigenvalue weighted by Crippen LogP contribution is 2.32. The molecular weight excluding hydrogens is 186 g/mol. The molecule has 3 heteroatoms. The minimum Gasteiger partial charge on any atom is -0.338 e. The Kier molecular flexibility index (Phi) is 3.10. The molecule has 1 aliphatic rings. The van der Waals surface area contributed by atoms with Crippen molar-refractivity contribution in [1.29, 1.82) is 0 Å². The van der Waals surface area contributed by atoms with Crippen molar-refractivity contribution in [3.8, 4) is 0 Å². The maximum Gasteiger partial charge on any atom is 0.109 e. The van der Waals surface area contributed by atoms with E-state index in [9.17, 15) is 0 Å². The second-order valence-electron chi connectivity index (χ2n) is 5.00. The van der Waals surface area contributed by atoms with Gasteiger partial charge in [-0.1, -0.05) is 13.3 Å². The molecule has 0 spiro atoms. The molecule has 3 nitrogen and oxygen atoms in total. The molecule has 2 rings (SSSR count). The Labute approximate surface area is 91.7 Å². The summed E-state index contributed by atoms with van der Waals surface area (Å²) in [6.07, 6.45) is 8.69. The van der Waals surface area contributed by atoms with Crippen molar-refractivity contribution in [3.63, 3.8) is 0 Å². The summed E-state index contributed by atoms with van der Waals surface area (Å²) in [5.74, 6) is 2.68. The summed E-state index contributed by atoms with van der Waals surface area (Å²) >= 11 is 0. The van der Waals surface area contributed by atoms with E-state index in [2.05, 4.69) is 16.5 Å². The first kappa shape index (κ1) is 10.7. The number of nitrogens with two attached hydrogens (primary N) is 1. The lowest BCUT2D eigenvalue weighted by molar-refractivity contribution is 0.407. The Bertz CT molecular complexity index is 318. The molecule has 0 saturated heterocycles. The van der Waals surface area contributed by atoms with Crippen molar-refractivity contribution >= 4 is 0 Å². The van der Waals surface area contributed by atoms with E-state index < -0.39 is 0 Å². The van der Waals surface area contributed by atoms with Crippen molar-refractivity contribution < 1.29 is 0 Å². The molecule has 0 radical (unpaired) electrons. The fourth-order valence-electron chi connectivity index (χ4n) is 2.61. The smallest absolute Gasteiger partial charge is 0.109 e. The number of aryl methyl sites for hydroxylation is 1. The molecule has 1 heterocycles. The van der Waals surface area contributed by atoms with Gasteiger partial charge in [-0.2, -0.15) is 0 Å². The number of hydrogen-bond donors (Lipinski definition) is 1. The zero-order valence-electron chi connectivity index (χ0n) is 9.69. The molecule has 0 aromatic carbocycles. The molecule has 2 N–H and O–H groups in total. The molecule has 0 aliphatic heterocycles. The second-order valence-corrected chi connectivity index (χ2v) is 5.00. The van der Waals surface area contributed by atoms with E-state index in [1.807, 2.05) is 19.4 Å². The van der Waals surface area contributed by atoms with Crippen molar-refractivity contribution in [1.82, 2.24) is 9.55 Å². The lowest BCUT2D eigenvalue weighted by atomic mass is 9.95. The molecule has 1 aliphatic carbocycles. The van der Waals surface area contributed by atoms with Crippen LogP contribution in [0.4, 0.5) is 0 Å². The molecular formula is C12H21N3. The summed E-state index contributed by atoms with van der Waals surface area (Å²) in [6, 6.07) is 0.288. The minimum absolute atomic E-state index is 0.288. The fourth-order valence-corrected chi connectivity index (χ4v) is 2.61. The van der Waals surface area contributed by atoms with E-state index in [1.54, 1.807) is 0 Å². The van der Waals surface area contributed by atoms with Gasteiger partial charge in [0.1, 0.15) is 5.82 Å². The molecule has 1 aromatic heterocycles. The minimum atomic E-state index is 0.288. The van der Waals surface area contributed by atoms with E-state index in [1.165, 1.54) is 19.3 Å². The summed E-state index contributed by atoms with van der Waals surface area (Å²) in [5, 5.41) is 0. The summed E-state index contributed by atoms with van der Waals surface area (Å²) in [7, 11) is 2.03. The molecule has 0 bridgehead atoms. The van der Waals surface area contributed by atoms with Gasteiger partial charge in [0.05, 0.1) is 0 Å². The van der Waals surface area contributed by atoms with Crippen LogP contribution in [0.2, 0.25) is 0 Å². The van der Waals surface area contributed by atoms with E-state index in [0.29, 0.717) is 5.92 Å². The van der Waals surface area contributed by atoms with Gasteiger partial charge in [-0.25, -0.2) is 4.98 Å². The van der Waals surface area contributed by atoms with Crippen LogP contribution in [-0.4, -0.2) is 15.6 Å². The molecule has 84 valence electrons. The van der Waals surface area contributed by atoms with Crippen LogP contribution in [-0.2, 0) is 13.5 Å². The predicted molar refractivity (Wildman–Crippen MR) is 61.4 cm³/mol. The summed E-state index contributed by atoms with van der Waals surface area (Å²) < 4.78 is 2.07. The van der Waals surface area contributed by atoms with Crippen molar-refractivity contribution in [3.05, 3.63) is 18.2 Å². The van der Waals surface area contributed by atoms with Crippen LogP contribution in [0.3, 0.4) is 0 Å². The maximum absolute atomic E-state index is 6.25. The lowest BCUT2D eigenvalue weighted by Crippen LogP contribution is -2.31. The number of hydrogen-bond acceptors (Lipinski definition) is 2. The SMILES string of the molecule is CC1CCC(C(N)Cc2nccn2C)C1. The van der Waals surface area contributed by atoms with Gasteiger partial charge in [-0.3, -0.25) is 0 Å². The third-order valence-corrected chi connectivity index (χ3v) is 3.68. The van der Waals surface area contributed by atoms with Crippen LogP contribution in [0.15, 0.2) is 12.4 Å². The van der Waals surface area contributed by atoms with Crippen LogP contribution < -0.4 is 5.73 Å². The number of rotatable bonds is 3. The highest BCUT2D eigenvalue weighted by Gasteiger charge is 2.27. The Morgan fingerprint density at radius 3 is 2.93 bits per heavy atom. The third kappa shape index (κ3) is 2.40. The number of nitrogens with zero attached hydrogens (tertiary/aromatic N) is 2. The van der Waals surface area contributed by atoms with Crippen LogP contribution in [0.5, 0.6) is 0 Å². The van der Waals surface area contributed by atoms with Gasteiger partial charge in [0.25, 0.3) is 0 Å². The average molecular weight is 207 g/mol. The standard InChI is InChI=1S/C12H21N3/c1-9-3-4-10(7-9)11(13)8-12-14-5-6-15(12)2/h5-6,9-11H,3-4,7-8,13H2,1-2H3. The highest BCUT2D eigenvalue weighted by atomic mass is 15.0. The lowest BCUT2D eigenvalue weighted by Gasteiger charge is -2.18. The second kappa shape index (κ2) is 4.35. The molecule has 1 saturated carbocycles. The predicted octanol–water partition coefficient (Wildman–Crippen LogP) is 1.73. The van der Waals surface area contributed by atoms with Gasteiger partial charge in [-0.05, 0) is 24.7 Å². The van der Waals surface area contributed by atoms with E-state index >= 15 is 0 Å². The summed E-state index contributed by atoms with van der Waals surface area (Å²) in [4.78, 5) is 4.33. The van der Waals surface area contributed by atoms with Crippen LogP contribution >= 0.6 is 0 Å². The van der Waals surface area contributed by atoms with Crippen molar-refractivity contribution in [2.45, 2.75) is 38.6 Å². The van der Waals surface area contributed by atoms with Crippen LogP contribution in [0, 0.1) is 11.8 Å².